The summed E-state index contributed by atoms with van der Waals surface area (Å²) in [5, 5.41) is 39.6. The molecule has 0 aromatic carbocycles. The van der Waals surface area contributed by atoms with Gasteiger partial charge in [-0.2, -0.15) is 0 Å². The van der Waals surface area contributed by atoms with Crippen molar-refractivity contribution in [2.75, 3.05) is 13.1 Å². The highest BCUT2D eigenvalue weighted by molar-refractivity contribution is 5.97. The van der Waals surface area contributed by atoms with E-state index >= 15 is 0 Å². The molecule has 0 saturated carbocycles. The van der Waals surface area contributed by atoms with Crippen molar-refractivity contribution >= 4 is 53.2 Å². The van der Waals surface area contributed by atoms with Crippen LogP contribution >= 0.6 is 0 Å². The summed E-state index contributed by atoms with van der Waals surface area (Å²) < 4.78 is 0. The monoisotopic (exact) mass is 926 g/mol. The molecule has 0 saturated heterocycles. The minimum atomic E-state index is -1.55. The number of carboxylic acids is 1. The van der Waals surface area contributed by atoms with E-state index in [1.54, 1.807) is 55.4 Å². The topological polar surface area (TPSA) is 316 Å². The molecule has 10 unspecified atom stereocenters. The van der Waals surface area contributed by atoms with Crippen LogP contribution in [0.2, 0.25) is 0 Å². The van der Waals surface area contributed by atoms with Crippen LogP contribution in [0.15, 0.2) is 25.3 Å². The Morgan fingerprint density at radius 2 is 0.938 bits per heavy atom. The van der Waals surface area contributed by atoms with Gasteiger partial charge in [0.15, 0.2) is 0 Å². The standard InChI is InChI=1S/C37H67N9O11.2C4H8/c1-12-19(7)28(43-25(48)15-39-32(51)22(10)41-31(50)21(9)38)34(53)40-16-26(49)44-29(20(8)13-2)35(54)42-24(14-17(3)4)33(52)46-30(23(11)47)36(55)45-27(18(5)6)37(56)57;2*1-3-4-2/h17-24,27-30,47H,12-16,38H2,1-11H3,(H,39,51)(H,40,53)(H,41,50)(H,42,54)(H,43,48)(H,44,49)(H,45,55)(H,46,52)(H,56,57);2*3H,1,4H2,2H3. The largest absolute Gasteiger partial charge is 0.480 e. The van der Waals surface area contributed by atoms with E-state index in [1.807, 2.05) is 12.2 Å². The fourth-order valence-electron chi connectivity index (χ4n) is 5.24. The molecule has 0 radical (unpaired) electrons. The van der Waals surface area contributed by atoms with Gasteiger partial charge in [0.2, 0.25) is 47.3 Å². The number of allylic oxidation sites excluding steroid dienone is 2. The van der Waals surface area contributed by atoms with Gasteiger partial charge in [-0.3, -0.25) is 38.4 Å². The molecule has 0 bridgehead atoms. The second-order valence-electron chi connectivity index (χ2n) is 16.7. The summed E-state index contributed by atoms with van der Waals surface area (Å²) in [5.74, 6) is -8.63. The Morgan fingerprint density at radius 3 is 1.29 bits per heavy atom. The number of carboxylic acid groups (broad SMARTS) is 1. The number of rotatable bonds is 27. The third-order valence-corrected chi connectivity index (χ3v) is 9.85. The first kappa shape index (κ1) is 63.9. The number of carbonyl (C=O) groups excluding carboxylic acids is 8. The Balaban J connectivity index is -0.00000440. The van der Waals surface area contributed by atoms with Crippen molar-refractivity contribution < 1.29 is 53.4 Å². The number of aliphatic hydroxyl groups excluding tert-OH is 1. The number of carbonyl (C=O) groups is 9. The van der Waals surface area contributed by atoms with E-state index in [0.29, 0.717) is 12.8 Å². The normalized spacial score (nSPS) is 15.2. The van der Waals surface area contributed by atoms with Gasteiger partial charge in [0.25, 0.3) is 0 Å². The number of nitrogens with two attached hydrogens (primary N) is 1. The van der Waals surface area contributed by atoms with Crippen molar-refractivity contribution in [2.45, 2.75) is 171 Å². The molecule has 374 valence electrons. The molecular formula is C45H83N9O11. The summed E-state index contributed by atoms with van der Waals surface area (Å²) in [6.07, 6.45) is 5.47. The molecule has 20 heteroatoms. The minimum Gasteiger partial charge on any atom is -0.480 e. The van der Waals surface area contributed by atoms with Gasteiger partial charge < -0.3 is 58.5 Å². The number of hydrogen-bond donors (Lipinski definition) is 11. The number of hydrogen-bond acceptors (Lipinski definition) is 11. The Hall–Kier alpha value is -5.37. The van der Waals surface area contributed by atoms with E-state index in [0.717, 1.165) is 12.8 Å². The Kier molecular flexibility index (Phi) is 34.4. The number of aliphatic carboxylic acids is 1. The van der Waals surface area contributed by atoms with Gasteiger partial charge in [-0.05, 0) is 63.7 Å². The van der Waals surface area contributed by atoms with Gasteiger partial charge in [0.05, 0.1) is 25.2 Å². The lowest BCUT2D eigenvalue weighted by molar-refractivity contribution is -0.144. The van der Waals surface area contributed by atoms with Gasteiger partial charge in [-0.25, -0.2) is 4.79 Å². The number of aliphatic hydroxyl groups is 1. The fourth-order valence-corrected chi connectivity index (χ4v) is 5.24. The molecule has 0 aliphatic heterocycles. The maximum atomic E-state index is 13.7. The second kappa shape index (κ2) is 35.0. The first-order valence-corrected chi connectivity index (χ1v) is 22.4. The maximum Gasteiger partial charge on any atom is 0.326 e. The lowest BCUT2D eigenvalue weighted by Gasteiger charge is -2.29. The van der Waals surface area contributed by atoms with Crippen molar-refractivity contribution in [2.24, 2.45) is 29.4 Å². The average Bonchev–Trinajstić information content (AvgIpc) is 3.24. The molecule has 20 nitrogen and oxygen atoms in total. The SMILES string of the molecule is C=CCC.C=CCC.CCC(C)C(NC(=O)CNC(=O)C(C)NC(=O)C(C)N)C(=O)NCC(=O)NC(C(=O)NC(CC(C)C)C(=O)NC(C(=O)NC(C(=O)O)C(C)C)C(C)O)C(C)CC. The number of amides is 8. The van der Waals surface area contributed by atoms with Gasteiger partial charge in [0, 0.05) is 0 Å². The van der Waals surface area contributed by atoms with Crippen molar-refractivity contribution in [3.8, 4) is 0 Å². The minimum absolute atomic E-state index is 0.0995. The zero-order valence-corrected chi connectivity index (χ0v) is 41.1. The molecule has 0 aromatic heterocycles. The van der Waals surface area contributed by atoms with E-state index in [1.165, 1.54) is 20.8 Å². The van der Waals surface area contributed by atoms with E-state index in [4.69, 9.17) is 5.73 Å². The predicted octanol–water partition coefficient (Wildman–Crippen LogP) is 0.919. The lowest BCUT2D eigenvalue weighted by Crippen LogP contribution is -2.61. The molecule has 0 rings (SSSR count). The summed E-state index contributed by atoms with van der Waals surface area (Å²) in [4.78, 5) is 115. The van der Waals surface area contributed by atoms with Gasteiger partial charge in [0.1, 0.15) is 36.3 Å². The van der Waals surface area contributed by atoms with Crippen molar-refractivity contribution in [3.05, 3.63) is 25.3 Å². The number of nitrogens with one attached hydrogen (secondary N) is 8. The third-order valence-electron chi connectivity index (χ3n) is 9.85. The van der Waals surface area contributed by atoms with Crippen LogP contribution in [-0.4, -0.2) is 125 Å². The quantitative estimate of drug-likeness (QED) is 0.0513. The van der Waals surface area contributed by atoms with Crippen LogP contribution in [0, 0.1) is 23.7 Å². The molecule has 0 aromatic rings. The van der Waals surface area contributed by atoms with E-state index in [-0.39, 0.29) is 12.3 Å². The van der Waals surface area contributed by atoms with E-state index < -0.39 is 132 Å². The third kappa shape index (κ3) is 27.5. The van der Waals surface area contributed by atoms with Gasteiger partial charge in [-0.15, -0.1) is 13.2 Å². The molecular weight excluding hydrogens is 843 g/mol. The summed E-state index contributed by atoms with van der Waals surface area (Å²) in [6, 6.07) is -8.16. The van der Waals surface area contributed by atoms with Crippen LogP contribution in [0.3, 0.4) is 0 Å². The van der Waals surface area contributed by atoms with Crippen LogP contribution in [0.25, 0.3) is 0 Å². The predicted molar refractivity (Wildman–Crippen MR) is 250 cm³/mol. The van der Waals surface area contributed by atoms with Crippen LogP contribution in [0.4, 0.5) is 0 Å². The molecule has 12 N–H and O–H groups in total. The molecule has 65 heavy (non-hydrogen) atoms. The summed E-state index contributed by atoms with van der Waals surface area (Å²) in [7, 11) is 0. The highest BCUT2D eigenvalue weighted by Gasteiger charge is 2.35. The average molecular weight is 926 g/mol. The zero-order valence-electron chi connectivity index (χ0n) is 41.1. The highest BCUT2D eigenvalue weighted by Crippen LogP contribution is 2.12. The van der Waals surface area contributed by atoms with E-state index in [2.05, 4.69) is 69.5 Å². The van der Waals surface area contributed by atoms with Crippen molar-refractivity contribution in [1.82, 2.24) is 42.5 Å². The Morgan fingerprint density at radius 1 is 0.538 bits per heavy atom. The van der Waals surface area contributed by atoms with Gasteiger partial charge >= 0.3 is 5.97 Å². The smallest absolute Gasteiger partial charge is 0.326 e. The summed E-state index contributed by atoms with van der Waals surface area (Å²) in [6.45, 7) is 27.8. The first-order valence-electron chi connectivity index (χ1n) is 22.4. The van der Waals surface area contributed by atoms with Crippen LogP contribution in [-0.2, 0) is 43.2 Å². The molecule has 10 atom stereocenters. The molecule has 0 fully saturated rings. The Bertz CT molecular complexity index is 1530. The van der Waals surface area contributed by atoms with Crippen LogP contribution in [0.5, 0.6) is 0 Å². The lowest BCUT2D eigenvalue weighted by atomic mass is 9.96. The van der Waals surface area contributed by atoms with Crippen molar-refractivity contribution in [3.63, 3.8) is 0 Å². The molecule has 0 aliphatic rings. The highest BCUT2D eigenvalue weighted by atomic mass is 16.4. The molecule has 0 heterocycles. The van der Waals surface area contributed by atoms with Gasteiger partial charge in [-0.1, -0.05) is 94.2 Å². The maximum absolute atomic E-state index is 13.7. The van der Waals surface area contributed by atoms with Crippen LogP contribution in [0.1, 0.15) is 122 Å². The molecule has 0 spiro atoms. The van der Waals surface area contributed by atoms with Crippen molar-refractivity contribution in [1.29, 1.82) is 0 Å². The van der Waals surface area contributed by atoms with Crippen LogP contribution < -0.4 is 48.3 Å². The first-order chi connectivity index (χ1) is 30.2. The fraction of sp³-hybridized carbons (Fsp3) is 0.711. The molecule has 8 amide bonds. The zero-order chi connectivity index (χ0) is 51.1. The second-order valence-corrected chi connectivity index (χ2v) is 16.7. The summed E-state index contributed by atoms with van der Waals surface area (Å²) in [5.41, 5.74) is 5.49. The molecule has 0 aliphatic carbocycles. The van der Waals surface area contributed by atoms with E-state index in [9.17, 15) is 53.4 Å². The Labute approximate surface area is 386 Å². The summed E-state index contributed by atoms with van der Waals surface area (Å²) >= 11 is 0.